The first-order valence-corrected chi connectivity index (χ1v) is 6.60. The van der Waals surface area contributed by atoms with E-state index in [1.807, 2.05) is 0 Å². The van der Waals surface area contributed by atoms with Crippen molar-refractivity contribution in [2.24, 2.45) is 0 Å². The molecule has 0 aromatic carbocycles. The Kier molecular flexibility index (Phi) is 5.62. The van der Waals surface area contributed by atoms with Crippen molar-refractivity contribution in [2.75, 3.05) is 19.6 Å². The second kappa shape index (κ2) is 6.75. The van der Waals surface area contributed by atoms with Crippen LogP contribution in [-0.2, 0) is 6.54 Å². The molecule has 0 aliphatic rings. The molecular weight excluding hydrogens is 254 g/mol. The normalized spacial score (nSPS) is 11.2. The van der Waals surface area contributed by atoms with Gasteiger partial charge in [0.1, 0.15) is 5.15 Å². The standard InChI is InChI=1S/C12H20ClN3O2/c1-4-6-15(5-2)7-8-16-11(17)9(3)10(13)14-12(16)18/h4-8H2,1-3H3,(H,14,18). The number of halogens is 1. The van der Waals surface area contributed by atoms with Gasteiger partial charge in [-0.05, 0) is 26.4 Å². The summed E-state index contributed by atoms with van der Waals surface area (Å²) in [6.45, 7) is 8.74. The fraction of sp³-hybridized carbons (Fsp3) is 0.667. The summed E-state index contributed by atoms with van der Waals surface area (Å²) in [6, 6.07) is 0. The second-order valence-corrected chi connectivity index (χ2v) is 4.64. The number of H-pyrrole nitrogens is 1. The molecule has 0 spiro atoms. The minimum absolute atomic E-state index is 0.127. The lowest BCUT2D eigenvalue weighted by atomic mass is 10.3. The van der Waals surface area contributed by atoms with Gasteiger partial charge < -0.3 is 4.90 Å². The molecule has 0 atom stereocenters. The molecule has 1 N–H and O–H groups in total. The van der Waals surface area contributed by atoms with Crippen molar-refractivity contribution >= 4 is 11.6 Å². The number of hydrogen-bond donors (Lipinski definition) is 1. The quantitative estimate of drug-likeness (QED) is 0.793. The number of nitrogens with zero attached hydrogens (tertiary/aromatic N) is 2. The molecular formula is C12H20ClN3O2. The van der Waals surface area contributed by atoms with Gasteiger partial charge in [-0.2, -0.15) is 0 Å². The molecule has 0 fully saturated rings. The lowest BCUT2D eigenvalue weighted by molar-refractivity contribution is 0.273. The van der Waals surface area contributed by atoms with Gasteiger partial charge in [0, 0.05) is 18.7 Å². The zero-order valence-corrected chi connectivity index (χ0v) is 11.9. The summed E-state index contributed by atoms with van der Waals surface area (Å²) < 4.78 is 1.21. The molecule has 0 aliphatic carbocycles. The van der Waals surface area contributed by atoms with Gasteiger partial charge in [-0.25, -0.2) is 4.79 Å². The Labute approximate surface area is 111 Å². The highest BCUT2D eigenvalue weighted by molar-refractivity contribution is 6.30. The molecule has 0 amide bonds. The fourth-order valence-corrected chi connectivity index (χ4v) is 1.99. The highest BCUT2D eigenvalue weighted by atomic mass is 35.5. The first-order chi connectivity index (χ1) is 8.51. The minimum atomic E-state index is -0.442. The van der Waals surface area contributed by atoms with Crippen LogP contribution in [0, 0.1) is 6.92 Å². The van der Waals surface area contributed by atoms with Gasteiger partial charge in [0.15, 0.2) is 0 Å². The van der Waals surface area contributed by atoms with Crippen molar-refractivity contribution in [1.29, 1.82) is 0 Å². The maximum absolute atomic E-state index is 11.9. The van der Waals surface area contributed by atoms with E-state index in [2.05, 4.69) is 23.7 Å². The van der Waals surface area contributed by atoms with Crippen molar-refractivity contribution in [3.05, 3.63) is 31.6 Å². The van der Waals surface area contributed by atoms with Crippen molar-refractivity contribution in [2.45, 2.75) is 33.7 Å². The molecule has 1 aromatic rings. The molecule has 0 radical (unpaired) electrons. The fourth-order valence-electron chi connectivity index (χ4n) is 1.83. The van der Waals surface area contributed by atoms with Crippen molar-refractivity contribution in [1.82, 2.24) is 14.5 Å². The van der Waals surface area contributed by atoms with Crippen LogP contribution >= 0.6 is 11.6 Å². The third-order valence-corrected chi connectivity index (χ3v) is 3.36. The molecule has 102 valence electrons. The maximum atomic E-state index is 11.9. The smallest absolute Gasteiger partial charge is 0.302 e. The van der Waals surface area contributed by atoms with Crippen LogP contribution in [0.3, 0.4) is 0 Å². The predicted octanol–water partition coefficient (Wildman–Crippen LogP) is 1.23. The monoisotopic (exact) mass is 273 g/mol. The number of aromatic amines is 1. The van der Waals surface area contributed by atoms with Gasteiger partial charge in [0.05, 0.1) is 0 Å². The van der Waals surface area contributed by atoms with E-state index in [-0.39, 0.29) is 10.7 Å². The zero-order chi connectivity index (χ0) is 13.7. The van der Waals surface area contributed by atoms with Crippen LogP contribution in [0.25, 0.3) is 0 Å². The summed E-state index contributed by atoms with van der Waals surface area (Å²) in [5.74, 6) is 0. The van der Waals surface area contributed by atoms with E-state index in [1.54, 1.807) is 6.92 Å². The lowest BCUT2D eigenvalue weighted by Gasteiger charge is -2.19. The maximum Gasteiger partial charge on any atom is 0.329 e. The Morgan fingerprint density at radius 2 is 1.94 bits per heavy atom. The third-order valence-electron chi connectivity index (χ3n) is 2.98. The van der Waals surface area contributed by atoms with Crippen LogP contribution in [0.15, 0.2) is 9.59 Å². The summed E-state index contributed by atoms with van der Waals surface area (Å²) >= 11 is 5.75. The van der Waals surface area contributed by atoms with Crippen LogP contribution in [0.2, 0.25) is 5.15 Å². The Balaban J connectivity index is 2.89. The summed E-state index contributed by atoms with van der Waals surface area (Å²) in [4.78, 5) is 28.3. The molecule has 0 saturated carbocycles. The largest absolute Gasteiger partial charge is 0.329 e. The Hall–Kier alpha value is -1.07. The number of likely N-dealkylation sites (N-methyl/N-ethyl adjacent to an activating group) is 1. The summed E-state index contributed by atoms with van der Waals surface area (Å²) in [7, 11) is 0. The SMILES string of the molecule is CCCN(CC)CCn1c(=O)[nH]c(Cl)c(C)c1=O. The first-order valence-electron chi connectivity index (χ1n) is 6.22. The molecule has 0 saturated heterocycles. The number of rotatable bonds is 6. The molecule has 1 rings (SSSR count). The van der Waals surface area contributed by atoms with Gasteiger partial charge in [-0.15, -0.1) is 0 Å². The second-order valence-electron chi connectivity index (χ2n) is 4.26. The molecule has 0 unspecified atom stereocenters. The molecule has 1 heterocycles. The van der Waals surface area contributed by atoms with Gasteiger partial charge >= 0.3 is 5.69 Å². The van der Waals surface area contributed by atoms with Crippen LogP contribution in [0.4, 0.5) is 0 Å². The van der Waals surface area contributed by atoms with E-state index in [0.29, 0.717) is 18.7 Å². The van der Waals surface area contributed by atoms with Gasteiger partial charge in [-0.1, -0.05) is 25.4 Å². The number of nitrogens with one attached hydrogen (secondary N) is 1. The first kappa shape index (κ1) is 15.0. The van der Waals surface area contributed by atoms with Crippen molar-refractivity contribution in [3.63, 3.8) is 0 Å². The summed E-state index contributed by atoms with van der Waals surface area (Å²) in [6.07, 6.45) is 1.05. The zero-order valence-electron chi connectivity index (χ0n) is 11.1. The van der Waals surface area contributed by atoms with Crippen LogP contribution in [0.1, 0.15) is 25.8 Å². The Morgan fingerprint density at radius 3 is 2.50 bits per heavy atom. The summed E-state index contributed by atoms with van der Waals surface area (Å²) in [5, 5.41) is 0.127. The van der Waals surface area contributed by atoms with Gasteiger partial charge in [-0.3, -0.25) is 14.3 Å². The molecule has 0 bridgehead atoms. The highest BCUT2D eigenvalue weighted by Crippen LogP contribution is 2.02. The van der Waals surface area contributed by atoms with Crippen LogP contribution in [0.5, 0.6) is 0 Å². The van der Waals surface area contributed by atoms with E-state index in [1.165, 1.54) is 4.57 Å². The third kappa shape index (κ3) is 3.46. The minimum Gasteiger partial charge on any atom is -0.302 e. The van der Waals surface area contributed by atoms with Crippen molar-refractivity contribution < 1.29 is 0 Å². The molecule has 5 nitrogen and oxygen atoms in total. The average Bonchev–Trinajstić information content (AvgIpc) is 2.34. The molecule has 0 aliphatic heterocycles. The molecule has 18 heavy (non-hydrogen) atoms. The van der Waals surface area contributed by atoms with E-state index in [9.17, 15) is 9.59 Å². The lowest BCUT2D eigenvalue weighted by Crippen LogP contribution is -2.40. The van der Waals surface area contributed by atoms with Crippen molar-refractivity contribution in [3.8, 4) is 0 Å². The van der Waals surface area contributed by atoms with E-state index < -0.39 is 5.69 Å². The van der Waals surface area contributed by atoms with Crippen LogP contribution < -0.4 is 11.2 Å². The van der Waals surface area contributed by atoms with Gasteiger partial charge in [0.25, 0.3) is 5.56 Å². The predicted molar refractivity (Wildman–Crippen MR) is 73.5 cm³/mol. The Morgan fingerprint density at radius 1 is 1.28 bits per heavy atom. The summed E-state index contributed by atoms with van der Waals surface area (Å²) in [5.41, 5.74) is -0.366. The molecule has 1 aromatic heterocycles. The topological polar surface area (TPSA) is 58.1 Å². The van der Waals surface area contributed by atoms with E-state index >= 15 is 0 Å². The number of aromatic nitrogens is 2. The van der Waals surface area contributed by atoms with Crippen LogP contribution in [-0.4, -0.2) is 34.1 Å². The Bertz CT molecular complexity index is 507. The van der Waals surface area contributed by atoms with E-state index in [4.69, 9.17) is 11.6 Å². The molecule has 6 heteroatoms. The average molecular weight is 274 g/mol. The number of hydrogen-bond acceptors (Lipinski definition) is 3. The van der Waals surface area contributed by atoms with Gasteiger partial charge in [0.2, 0.25) is 0 Å². The highest BCUT2D eigenvalue weighted by Gasteiger charge is 2.09. The van der Waals surface area contributed by atoms with E-state index in [0.717, 1.165) is 19.5 Å².